The molecule has 1 amide bonds. The first-order valence-corrected chi connectivity index (χ1v) is 23.4. The molecule has 0 aromatic rings. The third-order valence-corrected chi connectivity index (χ3v) is 11.8. The molecule has 2 bridgehead atoms. The molecule has 3 aliphatic heterocycles. The number of nitrogens with one attached hydrogen (secondary N) is 1. The molecular weight excluding hydrogens is 889 g/mol. The molecule has 386 valence electrons. The van der Waals surface area contributed by atoms with E-state index in [1.807, 2.05) is 25.2 Å². The second kappa shape index (κ2) is 29.0. The topological polar surface area (TPSA) is 332 Å². The van der Waals surface area contributed by atoms with Crippen LogP contribution in [0.5, 0.6) is 0 Å². The third kappa shape index (κ3) is 21.7. The summed E-state index contributed by atoms with van der Waals surface area (Å²) in [5.41, 5.74) is 4.66. The van der Waals surface area contributed by atoms with Crippen LogP contribution >= 0.6 is 0 Å². The molecule has 3 aliphatic rings. The molecule has 0 aliphatic carbocycles. The number of fused-ring (bicyclic) bond motifs is 2. The van der Waals surface area contributed by atoms with Crippen LogP contribution in [0.3, 0.4) is 0 Å². The summed E-state index contributed by atoms with van der Waals surface area (Å²) in [7, 11) is 0. The molecule has 17 atom stereocenters. The van der Waals surface area contributed by atoms with Gasteiger partial charge in [0.25, 0.3) is 0 Å². The average molecular weight is 967 g/mol. The fraction of sp³-hybridized carbons (Fsp3) is 0.673. The summed E-state index contributed by atoms with van der Waals surface area (Å²) < 4.78 is 23.2. The largest absolute Gasteiger partial charge is 0.462 e. The van der Waals surface area contributed by atoms with E-state index >= 15 is 0 Å². The molecule has 0 spiro atoms. The van der Waals surface area contributed by atoms with Crippen molar-refractivity contribution in [2.75, 3.05) is 13.2 Å². The summed E-state index contributed by atoms with van der Waals surface area (Å²) in [6, 6.07) is -1.13. The number of allylic oxidation sites excluding steroid dienone is 12. The van der Waals surface area contributed by atoms with Crippen molar-refractivity contribution >= 4 is 11.9 Å². The lowest BCUT2D eigenvalue weighted by molar-refractivity contribution is -0.304. The number of ether oxygens (including phenoxy) is 4. The minimum Gasteiger partial charge on any atom is -0.462 e. The predicted octanol–water partition coefficient (Wildman–Crippen LogP) is -0.120. The molecule has 2 saturated heterocycles. The highest BCUT2D eigenvalue weighted by molar-refractivity contribution is 5.80. The lowest BCUT2D eigenvalue weighted by Crippen LogP contribution is -2.60. The van der Waals surface area contributed by atoms with Crippen molar-refractivity contribution in [1.82, 2.24) is 5.32 Å². The zero-order valence-corrected chi connectivity index (χ0v) is 39.5. The van der Waals surface area contributed by atoms with Gasteiger partial charge in [0.05, 0.1) is 91.6 Å². The number of amides is 1. The zero-order chi connectivity index (χ0) is 50.6. The fourth-order valence-corrected chi connectivity index (χ4v) is 7.93. The van der Waals surface area contributed by atoms with Crippen LogP contribution in [0.15, 0.2) is 85.1 Å². The van der Waals surface area contributed by atoms with Gasteiger partial charge in [0.1, 0.15) is 12.2 Å². The highest BCUT2D eigenvalue weighted by atomic mass is 16.7. The molecule has 7 unspecified atom stereocenters. The van der Waals surface area contributed by atoms with Crippen LogP contribution in [0.2, 0.25) is 0 Å². The molecule has 0 radical (unpaired) electrons. The van der Waals surface area contributed by atoms with Crippen molar-refractivity contribution in [1.29, 1.82) is 0 Å². The van der Waals surface area contributed by atoms with E-state index in [-0.39, 0.29) is 51.2 Å². The quantitative estimate of drug-likeness (QED) is 0.160. The molecule has 0 aromatic carbocycles. The summed E-state index contributed by atoms with van der Waals surface area (Å²) in [5.74, 6) is -5.38. The van der Waals surface area contributed by atoms with Gasteiger partial charge in [0, 0.05) is 44.6 Å². The van der Waals surface area contributed by atoms with Crippen LogP contribution in [0, 0.1) is 11.8 Å². The summed E-state index contributed by atoms with van der Waals surface area (Å²) in [6.07, 6.45) is 5.19. The maximum atomic E-state index is 13.7. The molecule has 19 heteroatoms. The first kappa shape index (κ1) is 58.8. The van der Waals surface area contributed by atoms with E-state index in [0.717, 1.165) is 0 Å². The van der Waals surface area contributed by atoms with Gasteiger partial charge < -0.3 is 86.2 Å². The van der Waals surface area contributed by atoms with E-state index in [0.29, 0.717) is 0 Å². The van der Waals surface area contributed by atoms with E-state index in [4.69, 9.17) is 24.7 Å². The summed E-state index contributed by atoms with van der Waals surface area (Å²) >= 11 is 0. The normalized spacial score (nSPS) is 42.0. The van der Waals surface area contributed by atoms with Crippen molar-refractivity contribution in [2.45, 2.75) is 182 Å². The number of nitrogens with two attached hydrogens (primary N) is 1. The zero-order valence-electron chi connectivity index (χ0n) is 39.5. The molecule has 14 N–H and O–H groups in total. The van der Waals surface area contributed by atoms with E-state index in [9.17, 15) is 65.8 Å². The minimum absolute atomic E-state index is 0.103. The first-order valence-electron chi connectivity index (χ1n) is 23.4. The molecule has 68 heavy (non-hydrogen) atoms. The SMILES string of the molecule is C[C@H]1C[C@H](O)[C@@H](C)/C=C/C=C/C=C/C=C/C=C/C=C/C=C/C(O[C@@H]2OC[C@@H](O)[C@H](N)[C@@H]2O)C[C@@H]2OC(O)(CC(O)CC(O)[C@H](O)CCC(O)CC(O)CC(=O)O1)C[C@H](O)C2C(=O)NCC(C)(C)O. The van der Waals surface area contributed by atoms with Gasteiger partial charge in [-0.25, -0.2) is 0 Å². The Morgan fingerprint density at radius 2 is 1.32 bits per heavy atom. The standard InChI is InChI=1S/C49H78N2O17/c1-30-17-15-13-11-9-7-5-6-8-10-12-14-16-18-35(67-47-45(61)44(50)40(59)28-65-47)25-41-43(46(62)51-29-48(3,4)63)39(58)27-49(64,68-41)26-34(54)23-38(57)36(55)20-19-32(52)22-33(53)24-42(60)66-31(2)21-37(30)56/h5-18,30-41,43-45,47,52-59,61,63-64H,19-29,50H2,1-4H3,(H,51,62)/b6-5+,9-7+,10-8+,13-11+,14-12+,17-15+,18-16+/t30-,31-,32?,33?,34?,35?,36+,37-,38?,39-,40+,41-,43?,44-,45-,47-,49?/m0/s1. The van der Waals surface area contributed by atoms with Gasteiger partial charge in [-0.1, -0.05) is 92.0 Å². The van der Waals surface area contributed by atoms with Gasteiger partial charge in [-0.15, -0.1) is 0 Å². The second-order valence-corrected chi connectivity index (χ2v) is 18.9. The van der Waals surface area contributed by atoms with Crippen LogP contribution < -0.4 is 11.1 Å². The number of hydrogen-bond acceptors (Lipinski definition) is 18. The number of esters is 1. The lowest BCUT2D eigenvalue weighted by Gasteiger charge is -2.45. The average Bonchev–Trinajstić information content (AvgIpc) is 3.23. The molecule has 2 fully saturated rings. The van der Waals surface area contributed by atoms with Crippen molar-refractivity contribution < 1.29 is 84.7 Å². The second-order valence-electron chi connectivity index (χ2n) is 18.9. The van der Waals surface area contributed by atoms with E-state index < -0.39 is 140 Å². The number of aliphatic hydroxyl groups excluding tert-OH is 9. The number of rotatable bonds is 5. The van der Waals surface area contributed by atoms with Crippen molar-refractivity contribution in [3.05, 3.63) is 85.1 Å². The van der Waals surface area contributed by atoms with Crippen LogP contribution in [0.4, 0.5) is 0 Å². The third-order valence-electron chi connectivity index (χ3n) is 11.8. The Morgan fingerprint density at radius 1 is 0.735 bits per heavy atom. The molecule has 0 saturated carbocycles. The van der Waals surface area contributed by atoms with Gasteiger partial charge in [-0.3, -0.25) is 9.59 Å². The number of carbonyl (C=O) groups excluding carboxylic acids is 2. The molecular formula is C49H78N2O17. The maximum Gasteiger partial charge on any atom is 0.308 e. The Labute approximate surface area is 399 Å². The molecule has 19 nitrogen and oxygen atoms in total. The Balaban J connectivity index is 1.91. The van der Waals surface area contributed by atoms with Gasteiger partial charge in [0.15, 0.2) is 12.1 Å². The highest BCUT2D eigenvalue weighted by Crippen LogP contribution is 2.38. The van der Waals surface area contributed by atoms with Crippen molar-refractivity contribution in [3.63, 3.8) is 0 Å². The minimum atomic E-state index is -2.30. The van der Waals surface area contributed by atoms with Gasteiger partial charge >= 0.3 is 5.97 Å². The lowest BCUT2D eigenvalue weighted by atomic mass is 9.82. The Kier molecular flexibility index (Phi) is 25.1. The number of carbonyl (C=O) groups is 2. The van der Waals surface area contributed by atoms with Crippen LogP contribution in [0.1, 0.15) is 85.5 Å². The fourth-order valence-electron chi connectivity index (χ4n) is 7.93. The van der Waals surface area contributed by atoms with Gasteiger partial charge in [-0.2, -0.15) is 0 Å². The maximum absolute atomic E-state index is 13.7. The van der Waals surface area contributed by atoms with E-state index in [2.05, 4.69) is 5.32 Å². The molecule has 0 aromatic heterocycles. The molecule has 3 rings (SSSR count). The predicted molar refractivity (Wildman–Crippen MR) is 250 cm³/mol. The van der Waals surface area contributed by atoms with E-state index in [1.165, 1.54) is 13.8 Å². The van der Waals surface area contributed by atoms with Crippen LogP contribution in [-0.4, -0.2) is 178 Å². The Bertz CT molecular complexity index is 1730. The van der Waals surface area contributed by atoms with E-state index in [1.54, 1.807) is 73.8 Å². The monoisotopic (exact) mass is 967 g/mol. The van der Waals surface area contributed by atoms with Crippen molar-refractivity contribution in [3.8, 4) is 0 Å². The number of aliphatic hydroxyl groups is 11. The number of hydrogen-bond donors (Lipinski definition) is 13. The summed E-state index contributed by atoms with van der Waals surface area (Å²) in [6.45, 7) is 5.92. The summed E-state index contributed by atoms with van der Waals surface area (Å²) in [5, 5.41) is 122. The van der Waals surface area contributed by atoms with Gasteiger partial charge in [-0.05, 0) is 40.0 Å². The van der Waals surface area contributed by atoms with Crippen LogP contribution in [-0.2, 0) is 28.5 Å². The number of cyclic esters (lactones) is 1. The summed E-state index contributed by atoms with van der Waals surface area (Å²) in [4.78, 5) is 26.2. The van der Waals surface area contributed by atoms with Crippen LogP contribution in [0.25, 0.3) is 0 Å². The first-order chi connectivity index (χ1) is 32.0. The molecule has 3 heterocycles. The van der Waals surface area contributed by atoms with Crippen molar-refractivity contribution in [2.24, 2.45) is 17.6 Å². The highest BCUT2D eigenvalue weighted by Gasteiger charge is 2.50. The Hall–Kier alpha value is -3.48. The smallest absolute Gasteiger partial charge is 0.308 e. The van der Waals surface area contributed by atoms with Gasteiger partial charge in [0.2, 0.25) is 5.91 Å². The Morgan fingerprint density at radius 3 is 1.93 bits per heavy atom.